The van der Waals surface area contributed by atoms with Gasteiger partial charge in [0, 0.05) is 18.2 Å². The smallest absolute Gasteiger partial charge is 0.408 e. The van der Waals surface area contributed by atoms with Crippen LogP contribution in [0.3, 0.4) is 0 Å². The van der Waals surface area contributed by atoms with Crippen LogP contribution in [0.5, 0.6) is 5.75 Å². The lowest BCUT2D eigenvalue weighted by Gasteiger charge is -2.44. The number of carbonyl (C=O) groups is 3. The van der Waals surface area contributed by atoms with Crippen LogP contribution in [0.15, 0.2) is 66.7 Å². The van der Waals surface area contributed by atoms with Gasteiger partial charge in [0.15, 0.2) is 0 Å². The molecule has 8 nitrogen and oxygen atoms in total. The van der Waals surface area contributed by atoms with E-state index in [4.69, 9.17) is 4.74 Å². The molecule has 1 fully saturated rings. The van der Waals surface area contributed by atoms with Crippen LogP contribution in [0.25, 0.3) is 0 Å². The summed E-state index contributed by atoms with van der Waals surface area (Å²) in [6.45, 7) is 11.1. The number of phenolic OH excluding ortho intramolecular Hbond substituents is 1. The number of rotatable bonds is 9. The molecular weight excluding hydrogens is 542 g/mol. The normalized spacial score (nSPS) is 14.7. The SMILES string of the molecule is Cc1ccccc1NC(=O)C(c1c(C)cccc1C)N(C(=O)C(Cc1ccc(O)cc1)NC(=O)OC(C)(C)C)C1CCC1. The Hall–Kier alpha value is -4.33. The van der Waals surface area contributed by atoms with E-state index in [0.29, 0.717) is 5.69 Å². The van der Waals surface area contributed by atoms with Crippen molar-refractivity contribution in [2.75, 3.05) is 5.32 Å². The number of hydrogen-bond acceptors (Lipinski definition) is 5. The number of nitrogens with zero attached hydrogens (tertiary/aromatic N) is 1. The molecule has 2 atom stereocenters. The Morgan fingerprint density at radius 1 is 0.907 bits per heavy atom. The van der Waals surface area contributed by atoms with E-state index in [0.717, 1.165) is 47.1 Å². The van der Waals surface area contributed by atoms with Crippen molar-refractivity contribution in [2.24, 2.45) is 0 Å². The standard InChI is InChI=1S/C35H43N3O5/c1-22-11-7-8-16-28(22)36-32(40)31(30-23(2)12-9-13-24(30)3)38(26-14-10-15-26)33(41)29(37-34(42)43-35(4,5)6)21-25-17-19-27(39)20-18-25/h7-9,11-13,16-20,26,29,31,39H,10,14-15,21H2,1-6H3,(H,36,40)(H,37,42). The van der Waals surface area contributed by atoms with E-state index in [2.05, 4.69) is 10.6 Å². The van der Waals surface area contributed by atoms with Crippen LogP contribution in [0.1, 0.15) is 73.9 Å². The minimum atomic E-state index is -1.02. The van der Waals surface area contributed by atoms with Crippen LogP contribution in [0.4, 0.5) is 10.5 Å². The number of para-hydroxylation sites is 1. The van der Waals surface area contributed by atoms with Gasteiger partial charge in [-0.1, -0.05) is 48.5 Å². The van der Waals surface area contributed by atoms with Gasteiger partial charge in [0.25, 0.3) is 5.91 Å². The number of hydrogen-bond donors (Lipinski definition) is 3. The second-order valence-electron chi connectivity index (χ2n) is 12.4. The van der Waals surface area contributed by atoms with Gasteiger partial charge in [0.05, 0.1) is 0 Å². The fourth-order valence-corrected chi connectivity index (χ4v) is 5.45. The zero-order chi connectivity index (χ0) is 31.3. The van der Waals surface area contributed by atoms with Crippen molar-refractivity contribution in [1.29, 1.82) is 0 Å². The van der Waals surface area contributed by atoms with Crippen molar-refractivity contribution < 1.29 is 24.2 Å². The number of phenols is 1. The first-order chi connectivity index (χ1) is 20.3. The van der Waals surface area contributed by atoms with Gasteiger partial charge in [0.2, 0.25) is 5.91 Å². The van der Waals surface area contributed by atoms with Crippen LogP contribution in [0.2, 0.25) is 0 Å². The molecule has 4 rings (SSSR count). The summed E-state index contributed by atoms with van der Waals surface area (Å²) >= 11 is 0. The first kappa shape index (κ1) is 31.6. The molecule has 0 heterocycles. The maximum absolute atomic E-state index is 14.7. The zero-order valence-electron chi connectivity index (χ0n) is 25.9. The van der Waals surface area contributed by atoms with E-state index < -0.39 is 23.8 Å². The van der Waals surface area contributed by atoms with Crippen LogP contribution >= 0.6 is 0 Å². The summed E-state index contributed by atoms with van der Waals surface area (Å²) in [4.78, 5) is 43.8. The van der Waals surface area contributed by atoms with Crippen LogP contribution in [0, 0.1) is 20.8 Å². The van der Waals surface area contributed by atoms with Crippen molar-refractivity contribution in [3.8, 4) is 5.75 Å². The molecule has 2 unspecified atom stereocenters. The third-order valence-electron chi connectivity index (χ3n) is 7.83. The molecule has 8 heteroatoms. The lowest BCUT2D eigenvalue weighted by molar-refractivity contribution is -0.145. The molecule has 3 N–H and O–H groups in total. The van der Waals surface area contributed by atoms with Crippen LogP contribution < -0.4 is 10.6 Å². The van der Waals surface area contributed by atoms with Gasteiger partial charge in [-0.3, -0.25) is 9.59 Å². The molecule has 1 aliphatic carbocycles. The molecule has 0 bridgehead atoms. The quantitative estimate of drug-likeness (QED) is 0.265. The molecule has 3 aromatic carbocycles. The average Bonchev–Trinajstić information content (AvgIpc) is 2.89. The first-order valence-corrected chi connectivity index (χ1v) is 14.9. The number of aromatic hydroxyl groups is 1. The second-order valence-corrected chi connectivity index (χ2v) is 12.4. The molecule has 0 aromatic heterocycles. The number of benzene rings is 3. The summed E-state index contributed by atoms with van der Waals surface area (Å²) in [6.07, 6.45) is 1.88. The Bertz CT molecular complexity index is 1440. The van der Waals surface area contributed by atoms with Gasteiger partial charge < -0.3 is 25.4 Å². The molecule has 0 spiro atoms. The minimum Gasteiger partial charge on any atom is -0.508 e. The summed E-state index contributed by atoms with van der Waals surface area (Å²) in [6, 6.07) is 17.8. The minimum absolute atomic E-state index is 0.103. The maximum Gasteiger partial charge on any atom is 0.408 e. The summed E-state index contributed by atoms with van der Waals surface area (Å²) in [7, 11) is 0. The van der Waals surface area contributed by atoms with Gasteiger partial charge in [-0.2, -0.15) is 0 Å². The summed E-state index contributed by atoms with van der Waals surface area (Å²) in [5.74, 6) is -0.574. The lowest BCUT2D eigenvalue weighted by Crippen LogP contribution is -2.57. The van der Waals surface area contributed by atoms with Crippen molar-refractivity contribution in [3.05, 3.63) is 94.5 Å². The van der Waals surface area contributed by atoms with E-state index in [1.54, 1.807) is 49.9 Å². The molecule has 0 radical (unpaired) electrons. The van der Waals surface area contributed by atoms with Gasteiger partial charge in [-0.15, -0.1) is 0 Å². The van der Waals surface area contributed by atoms with Crippen molar-refractivity contribution in [1.82, 2.24) is 10.2 Å². The highest BCUT2D eigenvalue weighted by Gasteiger charge is 2.43. The van der Waals surface area contributed by atoms with Crippen molar-refractivity contribution in [3.63, 3.8) is 0 Å². The molecule has 3 aromatic rings. The molecule has 0 saturated heterocycles. The highest BCUT2D eigenvalue weighted by Crippen LogP contribution is 2.37. The van der Waals surface area contributed by atoms with E-state index >= 15 is 0 Å². The Balaban J connectivity index is 1.79. The van der Waals surface area contributed by atoms with Crippen molar-refractivity contribution >= 4 is 23.6 Å². The summed E-state index contributed by atoms with van der Waals surface area (Å²) in [5.41, 5.74) is 4.14. The largest absolute Gasteiger partial charge is 0.508 e. The van der Waals surface area contributed by atoms with E-state index in [1.807, 2.05) is 63.2 Å². The average molecular weight is 586 g/mol. The van der Waals surface area contributed by atoms with Crippen LogP contribution in [-0.2, 0) is 20.7 Å². The lowest BCUT2D eigenvalue weighted by atomic mass is 9.86. The third-order valence-corrected chi connectivity index (χ3v) is 7.83. The maximum atomic E-state index is 14.7. The number of anilines is 1. The number of nitrogens with one attached hydrogen (secondary N) is 2. The summed E-state index contributed by atoms with van der Waals surface area (Å²) in [5, 5.41) is 15.7. The number of alkyl carbamates (subject to hydrolysis) is 1. The van der Waals surface area contributed by atoms with Gasteiger partial charge >= 0.3 is 6.09 Å². The highest BCUT2D eigenvalue weighted by atomic mass is 16.6. The number of aryl methyl sites for hydroxylation is 3. The van der Waals surface area contributed by atoms with Crippen LogP contribution in [-0.4, -0.2) is 45.6 Å². The third kappa shape index (κ3) is 7.95. The Labute approximate surface area is 254 Å². The van der Waals surface area contributed by atoms with E-state index in [1.165, 1.54) is 0 Å². The topological polar surface area (TPSA) is 108 Å². The number of ether oxygens (including phenoxy) is 1. The zero-order valence-corrected chi connectivity index (χ0v) is 25.9. The van der Waals surface area contributed by atoms with Gasteiger partial charge in [-0.25, -0.2) is 4.79 Å². The van der Waals surface area contributed by atoms with Gasteiger partial charge in [-0.05, 0) is 107 Å². The Morgan fingerprint density at radius 3 is 2.07 bits per heavy atom. The second kappa shape index (κ2) is 13.3. The summed E-state index contributed by atoms with van der Waals surface area (Å²) < 4.78 is 5.54. The predicted octanol–water partition coefficient (Wildman–Crippen LogP) is 6.51. The van der Waals surface area contributed by atoms with E-state index in [9.17, 15) is 19.5 Å². The Kier molecular flexibility index (Phi) is 9.79. The number of amides is 3. The molecule has 3 amide bonds. The highest BCUT2D eigenvalue weighted by molar-refractivity contribution is 6.00. The predicted molar refractivity (Wildman–Crippen MR) is 168 cm³/mol. The molecular formula is C35H43N3O5. The fraction of sp³-hybridized carbons (Fsp3) is 0.400. The fourth-order valence-electron chi connectivity index (χ4n) is 5.45. The Morgan fingerprint density at radius 2 is 1.51 bits per heavy atom. The first-order valence-electron chi connectivity index (χ1n) is 14.9. The van der Waals surface area contributed by atoms with Crippen molar-refractivity contribution in [2.45, 2.75) is 91.0 Å². The number of carbonyl (C=O) groups excluding carboxylic acids is 3. The van der Waals surface area contributed by atoms with E-state index in [-0.39, 0.29) is 30.0 Å². The molecule has 0 aliphatic heterocycles. The van der Waals surface area contributed by atoms with Gasteiger partial charge in [0.1, 0.15) is 23.4 Å². The molecule has 228 valence electrons. The monoisotopic (exact) mass is 585 g/mol. The molecule has 1 aliphatic rings. The molecule has 1 saturated carbocycles. The molecule has 43 heavy (non-hydrogen) atoms.